The molecule has 0 aliphatic carbocycles. The zero-order valence-electron chi connectivity index (χ0n) is 15.9. The lowest BCUT2D eigenvalue weighted by atomic mass is 10.0. The molecule has 0 unspecified atom stereocenters. The molecule has 0 saturated heterocycles. The summed E-state index contributed by atoms with van der Waals surface area (Å²) in [6, 6.07) is 21.8. The molecular formula is C22H17N7S. The lowest BCUT2D eigenvalue weighted by molar-refractivity contribution is 1.07. The molecule has 5 aromatic rings. The van der Waals surface area contributed by atoms with Gasteiger partial charge in [0.05, 0.1) is 11.4 Å². The van der Waals surface area contributed by atoms with Crippen LogP contribution in [0.25, 0.3) is 44.4 Å². The topological polar surface area (TPSA) is 116 Å². The minimum Gasteiger partial charge on any atom is -0.374 e. The Bertz CT molecular complexity index is 1330. The summed E-state index contributed by atoms with van der Waals surface area (Å²) < 4.78 is 0. The molecule has 5 rings (SSSR count). The Kier molecular flexibility index (Phi) is 4.62. The van der Waals surface area contributed by atoms with Gasteiger partial charge in [0.2, 0.25) is 5.13 Å². The van der Waals surface area contributed by atoms with Gasteiger partial charge in [-0.15, -0.1) is 10.2 Å². The molecule has 0 bridgehead atoms. The first-order valence-electron chi connectivity index (χ1n) is 9.34. The molecule has 4 N–H and O–H groups in total. The van der Waals surface area contributed by atoms with E-state index >= 15 is 0 Å². The summed E-state index contributed by atoms with van der Waals surface area (Å²) in [6.07, 6.45) is 0. The Balaban J connectivity index is 1.71. The number of nitrogens with two attached hydrogens (primary N) is 2. The molecule has 0 atom stereocenters. The number of hydrogen-bond donors (Lipinski definition) is 2. The molecule has 8 heteroatoms. The average molecular weight is 411 g/mol. The Labute approximate surface area is 176 Å². The van der Waals surface area contributed by atoms with E-state index in [1.165, 1.54) is 11.3 Å². The molecule has 0 saturated carbocycles. The number of aromatic nitrogens is 5. The Morgan fingerprint density at radius 2 is 1.47 bits per heavy atom. The molecule has 3 aromatic heterocycles. The van der Waals surface area contributed by atoms with Crippen molar-refractivity contribution >= 4 is 27.6 Å². The summed E-state index contributed by atoms with van der Waals surface area (Å²) in [4.78, 5) is 14.5. The summed E-state index contributed by atoms with van der Waals surface area (Å²) >= 11 is 1.29. The summed E-state index contributed by atoms with van der Waals surface area (Å²) in [5.41, 5.74) is 18.0. The molecule has 0 amide bonds. The normalized spacial score (nSPS) is 11.1. The molecule has 30 heavy (non-hydrogen) atoms. The third-order valence-corrected chi connectivity index (χ3v) is 5.47. The Morgan fingerprint density at radius 1 is 0.733 bits per heavy atom. The van der Waals surface area contributed by atoms with E-state index in [1.54, 1.807) is 0 Å². The highest BCUT2D eigenvalue weighted by Crippen LogP contribution is 2.32. The van der Waals surface area contributed by atoms with Gasteiger partial charge in [0, 0.05) is 17.7 Å². The van der Waals surface area contributed by atoms with Crippen molar-refractivity contribution in [1.82, 2.24) is 25.1 Å². The molecule has 0 aliphatic heterocycles. The smallest absolute Gasteiger partial charge is 0.203 e. The van der Waals surface area contributed by atoms with Crippen LogP contribution in [-0.4, -0.2) is 25.1 Å². The first-order valence-corrected chi connectivity index (χ1v) is 10.2. The van der Waals surface area contributed by atoms with Gasteiger partial charge in [-0.2, -0.15) is 0 Å². The van der Waals surface area contributed by atoms with Crippen LogP contribution in [0.5, 0.6) is 0 Å². The zero-order chi connectivity index (χ0) is 20.5. The van der Waals surface area contributed by atoms with Crippen LogP contribution in [0.15, 0.2) is 66.7 Å². The maximum absolute atomic E-state index is 5.74. The number of pyridine rings is 1. The fraction of sp³-hybridized carbons (Fsp3) is 0.0455. The van der Waals surface area contributed by atoms with Gasteiger partial charge in [-0.25, -0.2) is 15.0 Å². The maximum atomic E-state index is 5.74. The van der Waals surface area contributed by atoms with Gasteiger partial charge in [0.1, 0.15) is 11.2 Å². The molecule has 7 nitrogen and oxygen atoms in total. The van der Waals surface area contributed by atoms with Crippen molar-refractivity contribution in [2.75, 3.05) is 5.73 Å². The van der Waals surface area contributed by atoms with E-state index in [4.69, 9.17) is 21.4 Å². The molecule has 0 radical (unpaired) electrons. The molecular weight excluding hydrogens is 394 g/mol. The number of benzene rings is 2. The van der Waals surface area contributed by atoms with Crippen LogP contribution in [0.3, 0.4) is 0 Å². The maximum Gasteiger partial charge on any atom is 0.203 e. The van der Waals surface area contributed by atoms with Crippen molar-refractivity contribution in [2.24, 2.45) is 5.73 Å². The number of fused-ring (bicyclic) bond motifs is 1. The second kappa shape index (κ2) is 7.58. The van der Waals surface area contributed by atoms with Gasteiger partial charge in [0.25, 0.3) is 0 Å². The predicted molar refractivity (Wildman–Crippen MR) is 119 cm³/mol. The number of nitrogen functional groups attached to an aromatic ring is 1. The van der Waals surface area contributed by atoms with Gasteiger partial charge < -0.3 is 11.5 Å². The van der Waals surface area contributed by atoms with E-state index in [0.29, 0.717) is 33.5 Å². The molecule has 2 aromatic carbocycles. The van der Waals surface area contributed by atoms with Crippen LogP contribution in [0.1, 0.15) is 5.56 Å². The lowest BCUT2D eigenvalue weighted by Gasteiger charge is -2.11. The summed E-state index contributed by atoms with van der Waals surface area (Å²) in [5, 5.41) is 9.00. The second-order valence-electron chi connectivity index (χ2n) is 6.67. The van der Waals surface area contributed by atoms with E-state index in [0.717, 1.165) is 28.1 Å². The van der Waals surface area contributed by atoms with Crippen molar-refractivity contribution in [3.05, 3.63) is 72.3 Å². The Morgan fingerprint density at radius 3 is 2.17 bits per heavy atom. The van der Waals surface area contributed by atoms with E-state index < -0.39 is 0 Å². The van der Waals surface area contributed by atoms with Crippen LogP contribution in [0, 0.1) is 0 Å². The fourth-order valence-corrected chi connectivity index (χ4v) is 3.78. The van der Waals surface area contributed by atoms with Gasteiger partial charge in [0.15, 0.2) is 10.7 Å². The standard InChI is InChI=1S/C22H17N7S/c23-12-13-6-8-15(9-7-13)18-19(14-4-2-1-3-5-14)27-20-16(25-18)10-11-17(26-20)21-28-29-22(24)30-21/h1-11H,12,23H2,(H2,24,29). The number of hydrogen-bond acceptors (Lipinski definition) is 8. The largest absolute Gasteiger partial charge is 0.374 e. The number of nitrogens with zero attached hydrogens (tertiary/aromatic N) is 5. The van der Waals surface area contributed by atoms with E-state index in [1.807, 2.05) is 66.7 Å². The average Bonchev–Trinajstić information content (AvgIpc) is 3.25. The summed E-state index contributed by atoms with van der Waals surface area (Å²) in [7, 11) is 0. The highest BCUT2D eigenvalue weighted by Gasteiger charge is 2.15. The van der Waals surface area contributed by atoms with Crippen LogP contribution in [-0.2, 0) is 6.54 Å². The highest BCUT2D eigenvalue weighted by atomic mass is 32.1. The van der Waals surface area contributed by atoms with E-state index in [9.17, 15) is 0 Å². The third kappa shape index (κ3) is 3.38. The van der Waals surface area contributed by atoms with Gasteiger partial charge in [-0.1, -0.05) is 65.9 Å². The Hall–Kier alpha value is -3.75. The van der Waals surface area contributed by atoms with Crippen molar-refractivity contribution in [3.8, 4) is 33.2 Å². The monoisotopic (exact) mass is 411 g/mol. The fourth-order valence-electron chi connectivity index (χ4n) is 3.20. The quantitative estimate of drug-likeness (QED) is 0.460. The van der Waals surface area contributed by atoms with Gasteiger partial charge in [-0.05, 0) is 17.7 Å². The van der Waals surface area contributed by atoms with Crippen LogP contribution in [0.4, 0.5) is 5.13 Å². The number of anilines is 1. The van der Waals surface area contributed by atoms with Gasteiger partial charge >= 0.3 is 0 Å². The summed E-state index contributed by atoms with van der Waals surface area (Å²) in [5.74, 6) is 0. The zero-order valence-corrected chi connectivity index (χ0v) is 16.7. The highest BCUT2D eigenvalue weighted by molar-refractivity contribution is 7.18. The van der Waals surface area contributed by atoms with Crippen LogP contribution in [0.2, 0.25) is 0 Å². The van der Waals surface area contributed by atoms with E-state index in [2.05, 4.69) is 15.2 Å². The molecule has 0 fully saturated rings. The minimum absolute atomic E-state index is 0.402. The first kappa shape index (κ1) is 18.3. The molecule has 3 heterocycles. The summed E-state index contributed by atoms with van der Waals surface area (Å²) in [6.45, 7) is 0.498. The van der Waals surface area contributed by atoms with Crippen molar-refractivity contribution < 1.29 is 0 Å². The minimum atomic E-state index is 0.402. The van der Waals surface area contributed by atoms with Crippen LogP contribution < -0.4 is 11.5 Å². The SMILES string of the molecule is NCc1ccc(-c2nc3ccc(-c4nnc(N)s4)nc3nc2-c2ccccc2)cc1. The second-order valence-corrected chi connectivity index (χ2v) is 7.68. The number of rotatable bonds is 4. The van der Waals surface area contributed by atoms with Crippen molar-refractivity contribution in [2.45, 2.75) is 6.54 Å². The molecule has 146 valence electrons. The van der Waals surface area contributed by atoms with Crippen molar-refractivity contribution in [1.29, 1.82) is 0 Å². The van der Waals surface area contributed by atoms with E-state index in [-0.39, 0.29) is 0 Å². The molecule has 0 spiro atoms. The predicted octanol–water partition coefficient (Wildman–Crippen LogP) is 3.92. The lowest BCUT2D eigenvalue weighted by Crippen LogP contribution is -1.99. The third-order valence-electron chi connectivity index (χ3n) is 4.70. The molecule has 0 aliphatic rings. The van der Waals surface area contributed by atoms with Crippen molar-refractivity contribution in [3.63, 3.8) is 0 Å². The van der Waals surface area contributed by atoms with Gasteiger partial charge in [-0.3, -0.25) is 0 Å². The van der Waals surface area contributed by atoms with Crippen LogP contribution >= 0.6 is 11.3 Å². The first-order chi connectivity index (χ1) is 14.7.